The smallest absolute Gasteiger partial charge is 0.267 e. The van der Waals surface area contributed by atoms with Crippen molar-refractivity contribution < 1.29 is 19.4 Å². The standard InChI is InChI=1S/C27H30N4O4S/c1-5-19-12-22(15-32)31(30-25(19)20-8-11-24(35-4)23(33)13-20)14-18-6-9-21(10-7-18)29-27(34)26-16(2)28-17(3)36-26/h6-11,13,15,19,22,33H,5,12,14H2,1-4H3,(H,29,34). The zero-order valence-corrected chi connectivity index (χ0v) is 21.6. The van der Waals surface area contributed by atoms with Crippen LogP contribution in [0.4, 0.5) is 5.69 Å². The molecule has 2 unspecified atom stereocenters. The highest BCUT2D eigenvalue weighted by Gasteiger charge is 2.31. The van der Waals surface area contributed by atoms with E-state index in [9.17, 15) is 14.7 Å². The lowest BCUT2D eigenvalue weighted by molar-refractivity contribution is -0.113. The second-order valence-electron chi connectivity index (χ2n) is 8.81. The van der Waals surface area contributed by atoms with E-state index >= 15 is 0 Å². The van der Waals surface area contributed by atoms with E-state index in [1.54, 1.807) is 17.1 Å². The fourth-order valence-corrected chi connectivity index (χ4v) is 5.23. The van der Waals surface area contributed by atoms with Crippen molar-refractivity contribution in [2.75, 3.05) is 12.4 Å². The van der Waals surface area contributed by atoms with E-state index in [1.807, 2.05) is 44.2 Å². The molecule has 2 atom stereocenters. The molecule has 0 radical (unpaired) electrons. The Morgan fingerprint density at radius 2 is 2.00 bits per heavy atom. The number of hydrogen-bond acceptors (Lipinski definition) is 8. The van der Waals surface area contributed by atoms with Gasteiger partial charge in [0.05, 0.1) is 30.1 Å². The molecule has 1 amide bonds. The maximum Gasteiger partial charge on any atom is 0.267 e. The first kappa shape index (κ1) is 25.4. The number of aromatic hydroxyl groups is 1. The molecule has 1 aliphatic heterocycles. The maximum atomic E-state index is 12.6. The molecule has 0 saturated carbocycles. The van der Waals surface area contributed by atoms with Crippen LogP contribution >= 0.6 is 11.3 Å². The van der Waals surface area contributed by atoms with Crippen molar-refractivity contribution in [2.24, 2.45) is 11.0 Å². The molecule has 2 heterocycles. The Labute approximate surface area is 214 Å². The summed E-state index contributed by atoms with van der Waals surface area (Å²) < 4.78 is 5.17. The normalized spacial score (nSPS) is 17.4. The molecule has 188 valence electrons. The number of benzene rings is 2. The second kappa shape index (κ2) is 10.9. The number of nitrogens with one attached hydrogen (secondary N) is 1. The molecule has 0 bridgehead atoms. The van der Waals surface area contributed by atoms with Gasteiger partial charge in [0.15, 0.2) is 11.5 Å². The molecule has 9 heteroatoms. The molecule has 0 saturated heterocycles. The van der Waals surface area contributed by atoms with Gasteiger partial charge in [0.25, 0.3) is 5.91 Å². The molecule has 3 aromatic rings. The van der Waals surface area contributed by atoms with Crippen LogP contribution in [0.15, 0.2) is 47.6 Å². The first-order valence-corrected chi connectivity index (χ1v) is 12.7. The predicted octanol–water partition coefficient (Wildman–Crippen LogP) is 4.93. The number of thiazole rings is 1. The fraction of sp³-hybridized carbons (Fsp3) is 0.333. The Balaban J connectivity index is 1.53. The van der Waals surface area contributed by atoms with Crippen LogP contribution < -0.4 is 10.1 Å². The van der Waals surface area contributed by atoms with Crippen molar-refractivity contribution >= 4 is 34.9 Å². The zero-order chi connectivity index (χ0) is 25.8. The predicted molar refractivity (Wildman–Crippen MR) is 141 cm³/mol. The molecule has 8 nitrogen and oxygen atoms in total. The van der Waals surface area contributed by atoms with Gasteiger partial charge < -0.3 is 20.0 Å². The molecule has 36 heavy (non-hydrogen) atoms. The van der Waals surface area contributed by atoms with Gasteiger partial charge in [-0.2, -0.15) is 5.10 Å². The molecular formula is C27H30N4O4S. The Morgan fingerprint density at radius 1 is 1.25 bits per heavy atom. The van der Waals surface area contributed by atoms with Crippen LogP contribution in [0.5, 0.6) is 11.5 Å². The van der Waals surface area contributed by atoms with E-state index in [2.05, 4.69) is 17.2 Å². The number of hydrazone groups is 1. The van der Waals surface area contributed by atoms with Gasteiger partial charge in [-0.25, -0.2) is 4.98 Å². The number of carbonyl (C=O) groups is 2. The summed E-state index contributed by atoms with van der Waals surface area (Å²) in [6, 6.07) is 12.4. The minimum absolute atomic E-state index is 0.0536. The first-order valence-electron chi connectivity index (χ1n) is 11.8. The summed E-state index contributed by atoms with van der Waals surface area (Å²) in [6.07, 6.45) is 2.42. The number of ether oxygens (including phenoxy) is 1. The van der Waals surface area contributed by atoms with E-state index in [1.165, 1.54) is 18.4 Å². The van der Waals surface area contributed by atoms with Gasteiger partial charge in [-0.05, 0) is 62.6 Å². The van der Waals surface area contributed by atoms with Gasteiger partial charge in [0.1, 0.15) is 17.2 Å². The fourth-order valence-electron chi connectivity index (χ4n) is 4.41. The summed E-state index contributed by atoms with van der Waals surface area (Å²) in [4.78, 5) is 29.4. The van der Waals surface area contributed by atoms with Crippen LogP contribution in [0.1, 0.15) is 51.3 Å². The number of amides is 1. The number of nitrogens with zero attached hydrogens (tertiary/aromatic N) is 3. The molecule has 1 aliphatic rings. The van der Waals surface area contributed by atoms with Crippen molar-refractivity contribution in [1.29, 1.82) is 0 Å². The van der Waals surface area contributed by atoms with Crippen LogP contribution in [0.25, 0.3) is 0 Å². The number of hydrogen-bond donors (Lipinski definition) is 2. The summed E-state index contributed by atoms with van der Waals surface area (Å²) in [5.41, 5.74) is 4.01. The Bertz CT molecular complexity index is 1290. The van der Waals surface area contributed by atoms with E-state index < -0.39 is 0 Å². The Morgan fingerprint density at radius 3 is 2.58 bits per heavy atom. The molecule has 4 rings (SSSR count). The third kappa shape index (κ3) is 5.41. The molecule has 2 N–H and O–H groups in total. The van der Waals surface area contributed by atoms with Gasteiger partial charge >= 0.3 is 0 Å². The van der Waals surface area contributed by atoms with E-state index in [0.717, 1.165) is 40.2 Å². The van der Waals surface area contributed by atoms with E-state index in [4.69, 9.17) is 9.84 Å². The number of aromatic nitrogens is 1. The number of methoxy groups -OCH3 is 1. The quantitative estimate of drug-likeness (QED) is 0.420. The number of carbonyl (C=O) groups excluding carboxylic acids is 2. The van der Waals surface area contributed by atoms with E-state index in [-0.39, 0.29) is 23.6 Å². The minimum Gasteiger partial charge on any atom is -0.504 e. The number of phenolic OH excluding ortho intramolecular Hbond substituents is 1. The largest absolute Gasteiger partial charge is 0.504 e. The van der Waals surface area contributed by atoms with Crippen molar-refractivity contribution in [3.05, 3.63) is 69.2 Å². The number of rotatable bonds is 8. The molecule has 0 aliphatic carbocycles. The van der Waals surface area contributed by atoms with Crippen LogP contribution in [0, 0.1) is 19.8 Å². The summed E-state index contributed by atoms with van der Waals surface area (Å²) in [6.45, 7) is 6.22. The maximum absolute atomic E-state index is 12.6. The molecule has 0 spiro atoms. The topological polar surface area (TPSA) is 104 Å². The highest BCUT2D eigenvalue weighted by molar-refractivity contribution is 7.13. The van der Waals surface area contributed by atoms with Gasteiger partial charge in [-0.3, -0.25) is 9.80 Å². The number of phenols is 1. The lowest BCUT2D eigenvalue weighted by atomic mass is 9.87. The summed E-state index contributed by atoms with van der Waals surface area (Å²) in [7, 11) is 1.51. The number of anilines is 1. The van der Waals surface area contributed by atoms with Gasteiger partial charge in [-0.15, -0.1) is 11.3 Å². The summed E-state index contributed by atoms with van der Waals surface area (Å²) in [5.74, 6) is 0.378. The average Bonchev–Trinajstić information content (AvgIpc) is 3.22. The molecule has 2 aromatic carbocycles. The van der Waals surface area contributed by atoms with Gasteiger partial charge in [0.2, 0.25) is 0 Å². The van der Waals surface area contributed by atoms with Crippen molar-refractivity contribution in [1.82, 2.24) is 9.99 Å². The van der Waals surface area contributed by atoms with Crippen LogP contribution in [0.2, 0.25) is 0 Å². The lowest BCUT2D eigenvalue weighted by Crippen LogP contribution is -2.41. The molecule has 0 fully saturated rings. The van der Waals surface area contributed by atoms with Crippen LogP contribution in [-0.2, 0) is 11.3 Å². The number of aldehydes is 1. The minimum atomic E-state index is -0.345. The van der Waals surface area contributed by atoms with Crippen LogP contribution in [0.3, 0.4) is 0 Å². The zero-order valence-electron chi connectivity index (χ0n) is 20.8. The SMILES string of the molecule is CCC1CC(C=O)N(Cc2ccc(NC(=O)c3sc(C)nc3C)cc2)N=C1c1ccc(OC)c(O)c1. The van der Waals surface area contributed by atoms with Gasteiger partial charge in [0, 0.05) is 17.2 Å². The average molecular weight is 507 g/mol. The summed E-state index contributed by atoms with van der Waals surface area (Å²) in [5, 5.41) is 20.7. The lowest BCUT2D eigenvalue weighted by Gasteiger charge is -2.35. The van der Waals surface area contributed by atoms with Crippen molar-refractivity contribution in [3.8, 4) is 11.5 Å². The monoisotopic (exact) mass is 506 g/mol. The Hall–Kier alpha value is -3.72. The third-order valence-electron chi connectivity index (χ3n) is 6.32. The first-order chi connectivity index (χ1) is 17.3. The third-order valence-corrected chi connectivity index (χ3v) is 7.39. The summed E-state index contributed by atoms with van der Waals surface area (Å²) >= 11 is 1.37. The van der Waals surface area contributed by atoms with Crippen molar-refractivity contribution in [2.45, 2.75) is 46.2 Å². The number of aryl methyl sites for hydroxylation is 2. The van der Waals surface area contributed by atoms with E-state index in [0.29, 0.717) is 29.3 Å². The van der Waals surface area contributed by atoms with Crippen molar-refractivity contribution in [3.63, 3.8) is 0 Å². The molecule has 1 aromatic heterocycles. The second-order valence-corrected chi connectivity index (χ2v) is 10.0. The Kier molecular flexibility index (Phi) is 7.69. The highest BCUT2D eigenvalue weighted by atomic mass is 32.1. The highest BCUT2D eigenvalue weighted by Crippen LogP contribution is 2.32. The molecular weight excluding hydrogens is 476 g/mol. The van der Waals surface area contributed by atoms with Gasteiger partial charge in [-0.1, -0.05) is 19.1 Å². The van der Waals surface area contributed by atoms with Crippen LogP contribution in [-0.4, -0.2) is 46.2 Å².